The average molecular weight is 388 g/mol. The van der Waals surface area contributed by atoms with Crippen LogP contribution in [-0.2, 0) is 9.53 Å². The lowest BCUT2D eigenvalue weighted by Crippen LogP contribution is -2.41. The second-order valence-electron chi connectivity index (χ2n) is 6.99. The minimum absolute atomic E-state index is 0.143. The normalized spacial score (nSPS) is 18.6. The minimum Gasteiger partial charge on any atom is -0.378 e. The number of aromatic nitrogens is 4. The van der Waals surface area contributed by atoms with Gasteiger partial charge in [-0.05, 0) is 25.0 Å². The number of hydrogen-bond donors (Lipinski definition) is 0. The van der Waals surface area contributed by atoms with Crippen molar-refractivity contribution >= 4 is 17.7 Å². The Kier molecular flexibility index (Phi) is 6.03. The van der Waals surface area contributed by atoms with Crippen LogP contribution in [0, 0.1) is 0 Å². The van der Waals surface area contributed by atoms with E-state index in [4.69, 9.17) is 4.74 Å². The molecule has 0 N–H and O–H groups in total. The Bertz CT molecular complexity index is 755. The summed E-state index contributed by atoms with van der Waals surface area (Å²) in [6.07, 6.45) is 9.61. The summed E-state index contributed by atoms with van der Waals surface area (Å²) in [5.74, 6) is 1.39. The zero-order valence-electron chi connectivity index (χ0n) is 15.4. The smallest absolute Gasteiger partial charge is 0.233 e. The van der Waals surface area contributed by atoms with Crippen molar-refractivity contribution in [3.05, 3.63) is 24.5 Å². The summed E-state index contributed by atoms with van der Waals surface area (Å²) in [6, 6.07) is 4.33. The topological polar surface area (TPSA) is 73.1 Å². The molecule has 1 saturated carbocycles. The Labute approximate surface area is 163 Å². The number of morpholine rings is 1. The molecule has 27 heavy (non-hydrogen) atoms. The van der Waals surface area contributed by atoms with Crippen LogP contribution in [0.4, 0.5) is 0 Å². The van der Waals surface area contributed by atoms with Crippen LogP contribution >= 0.6 is 11.8 Å². The van der Waals surface area contributed by atoms with Crippen molar-refractivity contribution in [2.45, 2.75) is 43.3 Å². The first-order valence-corrected chi connectivity index (χ1v) is 10.6. The van der Waals surface area contributed by atoms with Gasteiger partial charge in [0.1, 0.15) is 0 Å². The van der Waals surface area contributed by atoms with E-state index in [-0.39, 0.29) is 5.91 Å². The van der Waals surface area contributed by atoms with Crippen molar-refractivity contribution in [3.63, 3.8) is 0 Å². The lowest BCUT2D eigenvalue weighted by Gasteiger charge is -2.27. The van der Waals surface area contributed by atoms with Gasteiger partial charge < -0.3 is 9.64 Å². The number of amides is 1. The summed E-state index contributed by atoms with van der Waals surface area (Å²) in [4.78, 5) is 18.6. The van der Waals surface area contributed by atoms with E-state index in [1.54, 1.807) is 6.20 Å². The molecule has 144 valence electrons. The van der Waals surface area contributed by atoms with Crippen molar-refractivity contribution in [2.75, 3.05) is 32.1 Å². The van der Waals surface area contributed by atoms with Crippen LogP contribution in [0.2, 0.25) is 0 Å². The van der Waals surface area contributed by atoms with Crippen molar-refractivity contribution in [1.29, 1.82) is 0 Å². The summed E-state index contributed by atoms with van der Waals surface area (Å²) in [6.45, 7) is 2.60. The van der Waals surface area contributed by atoms with Crippen LogP contribution in [0.5, 0.6) is 0 Å². The fourth-order valence-electron chi connectivity index (χ4n) is 3.77. The largest absolute Gasteiger partial charge is 0.378 e. The van der Waals surface area contributed by atoms with E-state index in [1.165, 1.54) is 31.0 Å². The number of carbonyl (C=O) groups excluding carboxylic acids is 1. The molecule has 2 aromatic heterocycles. The fraction of sp³-hybridized carbons (Fsp3) is 0.579. The summed E-state index contributed by atoms with van der Waals surface area (Å²) in [5.41, 5.74) is 0.974. The van der Waals surface area contributed by atoms with Gasteiger partial charge in [-0.3, -0.25) is 14.3 Å². The van der Waals surface area contributed by atoms with Gasteiger partial charge in [-0.25, -0.2) is 0 Å². The number of hydrogen-bond acceptors (Lipinski definition) is 6. The number of rotatable bonds is 5. The van der Waals surface area contributed by atoms with Gasteiger partial charge in [-0.2, -0.15) is 0 Å². The first-order chi connectivity index (χ1) is 13.3. The summed E-state index contributed by atoms with van der Waals surface area (Å²) in [5, 5.41) is 9.73. The van der Waals surface area contributed by atoms with E-state index in [2.05, 4.69) is 19.7 Å². The highest BCUT2D eigenvalue weighted by atomic mass is 32.2. The van der Waals surface area contributed by atoms with Gasteiger partial charge in [0.2, 0.25) is 5.91 Å². The van der Waals surface area contributed by atoms with Crippen molar-refractivity contribution < 1.29 is 9.53 Å². The summed E-state index contributed by atoms with van der Waals surface area (Å²) >= 11 is 1.49. The van der Waals surface area contributed by atoms with Crippen molar-refractivity contribution in [3.8, 4) is 11.4 Å². The molecule has 1 aliphatic heterocycles. The van der Waals surface area contributed by atoms with Gasteiger partial charge in [0.25, 0.3) is 0 Å². The molecule has 0 aromatic carbocycles. The maximum absolute atomic E-state index is 12.5. The highest BCUT2D eigenvalue weighted by molar-refractivity contribution is 7.99. The molecule has 8 heteroatoms. The van der Waals surface area contributed by atoms with Crippen LogP contribution in [0.3, 0.4) is 0 Å². The Hall–Kier alpha value is -1.93. The SMILES string of the molecule is O=C(CSc1nnc(-c2cccnc2)n1C1CCCCC1)N1CCOCC1. The number of thioether (sulfide) groups is 1. The third-order valence-corrected chi connectivity index (χ3v) is 6.14. The quantitative estimate of drug-likeness (QED) is 0.735. The van der Waals surface area contributed by atoms with Crippen LogP contribution in [0.15, 0.2) is 29.7 Å². The molecule has 2 aliphatic rings. The van der Waals surface area contributed by atoms with Crippen LogP contribution in [0.1, 0.15) is 38.1 Å². The monoisotopic (exact) mass is 387 g/mol. The Morgan fingerprint density at radius 3 is 2.74 bits per heavy atom. The molecule has 2 aromatic rings. The number of pyridine rings is 1. The molecular formula is C19H25N5O2S. The first kappa shape index (κ1) is 18.4. The molecule has 0 unspecified atom stereocenters. The molecule has 1 amide bonds. The van der Waals surface area contributed by atoms with Crippen LogP contribution < -0.4 is 0 Å². The lowest BCUT2D eigenvalue weighted by molar-refractivity contribution is -0.132. The van der Waals surface area contributed by atoms with Crippen molar-refractivity contribution in [2.24, 2.45) is 0 Å². The highest BCUT2D eigenvalue weighted by Crippen LogP contribution is 2.35. The lowest BCUT2D eigenvalue weighted by atomic mass is 9.95. The van der Waals surface area contributed by atoms with Gasteiger partial charge >= 0.3 is 0 Å². The Balaban J connectivity index is 1.54. The van der Waals surface area contributed by atoms with E-state index in [9.17, 15) is 4.79 Å². The summed E-state index contributed by atoms with van der Waals surface area (Å²) in [7, 11) is 0. The third-order valence-electron chi connectivity index (χ3n) is 5.21. The van der Waals surface area contributed by atoms with Gasteiger partial charge in [0, 0.05) is 37.1 Å². The molecule has 3 heterocycles. The number of nitrogens with zero attached hydrogens (tertiary/aromatic N) is 5. The minimum atomic E-state index is 0.143. The second kappa shape index (κ2) is 8.84. The van der Waals surface area contributed by atoms with E-state index in [1.807, 2.05) is 23.2 Å². The second-order valence-corrected chi connectivity index (χ2v) is 7.93. The van der Waals surface area contributed by atoms with Crippen LogP contribution in [0.25, 0.3) is 11.4 Å². The highest BCUT2D eigenvalue weighted by Gasteiger charge is 2.25. The van der Waals surface area contributed by atoms with Gasteiger partial charge in [-0.1, -0.05) is 31.0 Å². The standard InChI is InChI=1S/C19H25N5O2S/c25-17(23-9-11-26-12-10-23)14-27-19-22-21-18(15-5-4-8-20-13-15)24(19)16-6-2-1-3-7-16/h4-5,8,13,16H,1-3,6-7,9-12,14H2. The maximum atomic E-state index is 12.5. The summed E-state index contributed by atoms with van der Waals surface area (Å²) < 4.78 is 7.57. The molecule has 7 nitrogen and oxygen atoms in total. The van der Waals surface area contributed by atoms with E-state index < -0.39 is 0 Å². The molecular weight excluding hydrogens is 362 g/mol. The molecule has 0 radical (unpaired) electrons. The van der Waals surface area contributed by atoms with E-state index >= 15 is 0 Å². The van der Waals surface area contributed by atoms with E-state index in [0.717, 1.165) is 29.4 Å². The number of carbonyl (C=O) groups is 1. The van der Waals surface area contributed by atoms with Crippen LogP contribution in [-0.4, -0.2) is 62.6 Å². The predicted molar refractivity (Wildman–Crippen MR) is 103 cm³/mol. The molecule has 1 aliphatic carbocycles. The third kappa shape index (κ3) is 4.32. The zero-order valence-corrected chi connectivity index (χ0v) is 16.2. The maximum Gasteiger partial charge on any atom is 0.233 e. The molecule has 0 spiro atoms. The van der Waals surface area contributed by atoms with Crippen molar-refractivity contribution in [1.82, 2.24) is 24.6 Å². The average Bonchev–Trinajstić information content (AvgIpc) is 3.18. The Morgan fingerprint density at radius 2 is 2.00 bits per heavy atom. The van der Waals surface area contributed by atoms with Gasteiger partial charge in [0.15, 0.2) is 11.0 Å². The molecule has 0 atom stereocenters. The van der Waals surface area contributed by atoms with E-state index in [0.29, 0.717) is 38.1 Å². The number of ether oxygens (including phenoxy) is 1. The van der Waals surface area contributed by atoms with Gasteiger partial charge in [0.05, 0.1) is 19.0 Å². The molecule has 4 rings (SSSR count). The first-order valence-electron chi connectivity index (χ1n) is 9.66. The Morgan fingerprint density at radius 1 is 1.19 bits per heavy atom. The molecule has 2 fully saturated rings. The predicted octanol–water partition coefficient (Wildman–Crippen LogP) is 2.80. The zero-order chi connectivity index (χ0) is 18.5. The fourth-order valence-corrected chi connectivity index (χ4v) is 4.67. The molecule has 1 saturated heterocycles. The van der Waals surface area contributed by atoms with Gasteiger partial charge in [-0.15, -0.1) is 10.2 Å². The molecule has 0 bridgehead atoms.